The summed E-state index contributed by atoms with van der Waals surface area (Å²) >= 11 is 0. The lowest BCUT2D eigenvalue weighted by Gasteiger charge is -2.46. The van der Waals surface area contributed by atoms with E-state index in [9.17, 15) is 15.0 Å². The van der Waals surface area contributed by atoms with E-state index in [2.05, 4.69) is 39.9 Å². The molecule has 0 spiro atoms. The van der Waals surface area contributed by atoms with Crippen LogP contribution in [0, 0.1) is 6.92 Å². The number of rotatable bonds is 28. The summed E-state index contributed by atoms with van der Waals surface area (Å²) in [6.45, 7) is 14.9. The Balaban J connectivity index is 2.40. The Bertz CT molecular complexity index is 964. The number of amides is 1. The summed E-state index contributed by atoms with van der Waals surface area (Å²) in [7, 11) is 0. The average molecular weight is 696 g/mol. The Morgan fingerprint density at radius 1 is 0.735 bits per heavy atom. The highest BCUT2D eigenvalue weighted by atomic mass is 16.7. The van der Waals surface area contributed by atoms with Crippen LogP contribution in [-0.4, -0.2) is 105 Å². The second kappa shape index (κ2) is 26.2. The number of aliphatic hydroxyl groups is 2. The van der Waals surface area contributed by atoms with E-state index in [-0.39, 0.29) is 12.5 Å². The van der Waals surface area contributed by atoms with Crippen LogP contribution < -0.4 is 5.32 Å². The highest BCUT2D eigenvalue weighted by Crippen LogP contribution is 2.30. The van der Waals surface area contributed by atoms with Gasteiger partial charge >= 0.3 is 0 Å². The molecule has 0 saturated carbocycles. The molecule has 1 aliphatic rings. The molecule has 8 atom stereocenters. The number of ether oxygens (including phenoxy) is 6. The molecule has 0 aromatic heterocycles. The summed E-state index contributed by atoms with van der Waals surface area (Å²) in [4.78, 5) is 13.4. The number of nitrogens with one attached hydrogen (secondary N) is 1. The Morgan fingerprint density at radius 2 is 1.29 bits per heavy atom. The number of hydrogen-bond acceptors (Lipinski definition) is 9. The number of benzene rings is 1. The monoisotopic (exact) mass is 695 g/mol. The first-order chi connectivity index (χ1) is 23.8. The topological polar surface area (TPSA) is 125 Å². The maximum absolute atomic E-state index is 13.4. The van der Waals surface area contributed by atoms with Crippen molar-refractivity contribution in [3.05, 3.63) is 35.4 Å². The number of hydrogen-bond donors (Lipinski definition) is 3. The second-order valence-electron chi connectivity index (χ2n) is 13.4. The van der Waals surface area contributed by atoms with Gasteiger partial charge in [0.15, 0.2) is 6.29 Å². The minimum atomic E-state index is -1.26. The van der Waals surface area contributed by atoms with Gasteiger partial charge in [-0.25, -0.2) is 0 Å². The van der Waals surface area contributed by atoms with Gasteiger partial charge in [-0.05, 0) is 51.2 Å². The van der Waals surface area contributed by atoms with E-state index in [1.807, 2.05) is 19.1 Å². The molecule has 3 N–H and O–H groups in total. The van der Waals surface area contributed by atoms with Crippen molar-refractivity contribution in [1.29, 1.82) is 0 Å². The first kappa shape index (κ1) is 43.5. The van der Waals surface area contributed by atoms with Crippen LogP contribution in [0.25, 0.3) is 0 Å². The molecular formula is C39H69NO9. The van der Waals surface area contributed by atoms with Crippen LogP contribution in [0.5, 0.6) is 0 Å². The van der Waals surface area contributed by atoms with Crippen LogP contribution in [0.4, 0.5) is 0 Å². The van der Waals surface area contributed by atoms with E-state index in [0.29, 0.717) is 45.0 Å². The zero-order valence-electron chi connectivity index (χ0n) is 31.4. The summed E-state index contributed by atoms with van der Waals surface area (Å²) in [5.74, 6) is -0.360. The number of aliphatic hydroxyl groups excluding tert-OH is 2. The van der Waals surface area contributed by atoms with Gasteiger partial charge in [0.1, 0.15) is 30.5 Å². The van der Waals surface area contributed by atoms with Gasteiger partial charge in [-0.1, -0.05) is 97.3 Å². The molecule has 10 heteroatoms. The van der Waals surface area contributed by atoms with E-state index >= 15 is 0 Å². The van der Waals surface area contributed by atoms with E-state index in [0.717, 1.165) is 76.2 Å². The Morgan fingerprint density at radius 3 is 1.88 bits per heavy atom. The summed E-state index contributed by atoms with van der Waals surface area (Å²) in [6, 6.07) is 6.31. The third-order valence-electron chi connectivity index (χ3n) is 8.92. The van der Waals surface area contributed by atoms with Crippen molar-refractivity contribution >= 4 is 5.91 Å². The lowest BCUT2D eigenvalue weighted by atomic mass is 9.97. The van der Waals surface area contributed by atoms with Crippen LogP contribution in [0.3, 0.4) is 0 Å². The molecule has 1 aromatic carbocycles. The van der Waals surface area contributed by atoms with Crippen LogP contribution >= 0.6 is 0 Å². The Kier molecular flexibility index (Phi) is 23.3. The third kappa shape index (κ3) is 16.1. The molecule has 5 unspecified atom stereocenters. The van der Waals surface area contributed by atoms with Gasteiger partial charge in [-0.15, -0.1) is 0 Å². The summed E-state index contributed by atoms with van der Waals surface area (Å²) < 4.78 is 38.7. The zero-order valence-corrected chi connectivity index (χ0v) is 31.4. The highest BCUT2D eigenvalue weighted by Gasteiger charge is 2.49. The van der Waals surface area contributed by atoms with Crippen molar-refractivity contribution in [3.63, 3.8) is 0 Å². The molecule has 0 aliphatic carbocycles. The van der Waals surface area contributed by atoms with Gasteiger partial charge in [0.2, 0.25) is 0 Å². The molecule has 284 valence electrons. The van der Waals surface area contributed by atoms with Gasteiger partial charge in [0.05, 0.1) is 25.4 Å². The molecule has 1 fully saturated rings. The minimum Gasteiger partial charge on any atom is -0.390 e. The van der Waals surface area contributed by atoms with Crippen LogP contribution in [0.15, 0.2) is 24.3 Å². The van der Waals surface area contributed by atoms with E-state index in [1.165, 1.54) is 0 Å². The van der Waals surface area contributed by atoms with Crippen LogP contribution in [0.1, 0.15) is 128 Å². The fraction of sp³-hybridized carbons (Fsp3) is 0.821. The summed E-state index contributed by atoms with van der Waals surface area (Å²) in [5.41, 5.74) is 1.49. The third-order valence-corrected chi connectivity index (χ3v) is 8.92. The fourth-order valence-corrected chi connectivity index (χ4v) is 5.67. The first-order valence-electron chi connectivity index (χ1n) is 19.2. The Hall–Kier alpha value is -1.63. The van der Waals surface area contributed by atoms with E-state index in [1.54, 1.807) is 12.1 Å². The molecule has 1 saturated heterocycles. The van der Waals surface area contributed by atoms with Gasteiger partial charge in [0.25, 0.3) is 5.91 Å². The average Bonchev–Trinajstić information content (AvgIpc) is 3.10. The molecule has 0 bridgehead atoms. The molecule has 0 radical (unpaired) electrons. The highest BCUT2D eigenvalue weighted by molar-refractivity contribution is 5.94. The van der Waals surface area contributed by atoms with Gasteiger partial charge in [-0.3, -0.25) is 4.79 Å². The Labute approximate surface area is 296 Å². The molecule has 1 aromatic rings. The molecule has 49 heavy (non-hydrogen) atoms. The number of aryl methyl sites for hydroxylation is 1. The number of carbonyl (C=O) groups excluding carboxylic acids is 1. The molecular weight excluding hydrogens is 626 g/mol. The number of carbonyl (C=O) groups is 1. The van der Waals surface area contributed by atoms with Crippen molar-refractivity contribution < 1.29 is 43.4 Å². The predicted molar refractivity (Wildman–Crippen MR) is 193 cm³/mol. The minimum absolute atomic E-state index is 0.117. The van der Waals surface area contributed by atoms with E-state index < -0.39 is 49.0 Å². The van der Waals surface area contributed by atoms with E-state index in [4.69, 9.17) is 28.4 Å². The van der Waals surface area contributed by atoms with Crippen molar-refractivity contribution in [3.8, 4) is 0 Å². The fourth-order valence-electron chi connectivity index (χ4n) is 5.67. The lowest BCUT2D eigenvalue weighted by molar-refractivity contribution is -0.325. The van der Waals surface area contributed by atoms with Crippen molar-refractivity contribution in [1.82, 2.24) is 5.32 Å². The van der Waals surface area contributed by atoms with Gasteiger partial charge in [0, 0.05) is 32.0 Å². The summed E-state index contributed by atoms with van der Waals surface area (Å²) in [5, 5.41) is 25.3. The maximum atomic E-state index is 13.4. The molecule has 1 aliphatic heterocycles. The molecule has 2 rings (SSSR count). The normalized spacial score (nSPS) is 22.9. The summed E-state index contributed by atoms with van der Waals surface area (Å²) in [6.07, 6.45) is 5.45. The van der Waals surface area contributed by atoms with Crippen LogP contribution in [0.2, 0.25) is 0 Å². The second-order valence-corrected chi connectivity index (χ2v) is 13.4. The lowest BCUT2D eigenvalue weighted by Crippen LogP contribution is -2.63. The van der Waals surface area contributed by atoms with Crippen molar-refractivity contribution in [2.24, 2.45) is 0 Å². The SMILES string of the molecule is CCCCC[C@@H](O)[C@@H](O)[C@H](COC1OC(COCCCC)C(OCCCC)C(OCCCC)C1OCCCC)NC(=O)c1ccc(C)cc1. The molecule has 1 amide bonds. The smallest absolute Gasteiger partial charge is 0.251 e. The van der Waals surface area contributed by atoms with Crippen molar-refractivity contribution in [2.45, 2.75) is 168 Å². The van der Waals surface area contributed by atoms with Crippen LogP contribution in [-0.2, 0) is 28.4 Å². The predicted octanol–water partition coefficient (Wildman–Crippen LogP) is 6.51. The van der Waals surface area contributed by atoms with Gasteiger partial charge in [-0.2, -0.15) is 0 Å². The first-order valence-corrected chi connectivity index (χ1v) is 19.2. The van der Waals surface area contributed by atoms with Gasteiger partial charge < -0.3 is 44.0 Å². The largest absolute Gasteiger partial charge is 0.390 e. The maximum Gasteiger partial charge on any atom is 0.251 e. The quantitative estimate of drug-likeness (QED) is 0.0842. The standard InChI is InChI=1S/C39H69NO9/c1-7-12-17-18-32(41)34(42)31(40-38(43)30-21-19-29(6)20-22-30)27-48-39-37(47-26-16-11-5)36(46-25-15-10-4)35(45-24-14-9-3)33(49-39)28-44-23-13-8-2/h19-22,31-37,39,41-42H,7-18,23-28H2,1-6H3,(H,40,43)/t31-,32+,33?,34-,35?,36?,37?,39?/m0/s1. The molecule has 10 nitrogen and oxygen atoms in total. The molecule has 1 heterocycles. The zero-order chi connectivity index (χ0) is 35.9. The van der Waals surface area contributed by atoms with Crippen molar-refractivity contribution in [2.75, 3.05) is 39.6 Å². The number of unbranched alkanes of at least 4 members (excludes halogenated alkanes) is 6.